The third kappa shape index (κ3) is 3.94. The molecular formula is C15H21ClN4O2. The molecule has 120 valence electrons. The van der Waals surface area contributed by atoms with Crippen LogP contribution in [0.1, 0.15) is 37.2 Å². The van der Waals surface area contributed by atoms with Crippen molar-refractivity contribution in [1.29, 1.82) is 0 Å². The van der Waals surface area contributed by atoms with E-state index in [1.165, 1.54) is 18.6 Å². The Morgan fingerprint density at radius 1 is 1.36 bits per heavy atom. The van der Waals surface area contributed by atoms with Gasteiger partial charge in [0, 0.05) is 37.4 Å². The minimum absolute atomic E-state index is 0.0534. The quantitative estimate of drug-likeness (QED) is 0.851. The highest BCUT2D eigenvalue weighted by atomic mass is 35.5. The second-order valence-electron chi connectivity index (χ2n) is 6.15. The summed E-state index contributed by atoms with van der Waals surface area (Å²) < 4.78 is 0. The minimum atomic E-state index is -0.544. The number of piperidine rings is 1. The van der Waals surface area contributed by atoms with Crippen LogP contribution in [0.25, 0.3) is 0 Å². The molecule has 0 aliphatic carbocycles. The van der Waals surface area contributed by atoms with Gasteiger partial charge in [-0.25, -0.2) is 4.98 Å². The number of likely N-dealkylation sites (tertiary alicyclic amines) is 1. The largest absolute Gasteiger partial charge is 0.348 e. The lowest BCUT2D eigenvalue weighted by molar-refractivity contribution is -0.140. The van der Waals surface area contributed by atoms with Crippen molar-refractivity contribution in [3.05, 3.63) is 24.3 Å². The third-order valence-corrected chi connectivity index (χ3v) is 4.49. The number of nitrogens with zero attached hydrogens (tertiary/aromatic N) is 3. The van der Waals surface area contributed by atoms with Crippen molar-refractivity contribution < 1.29 is 9.59 Å². The lowest BCUT2D eigenvalue weighted by Crippen LogP contribution is -2.50. The van der Waals surface area contributed by atoms with Gasteiger partial charge in [0.15, 0.2) is 0 Å². The fraction of sp³-hybridized carbons (Fsp3) is 0.600. The van der Waals surface area contributed by atoms with E-state index in [4.69, 9.17) is 11.6 Å². The molecule has 2 heterocycles. The van der Waals surface area contributed by atoms with Crippen molar-refractivity contribution in [1.82, 2.24) is 20.2 Å². The van der Waals surface area contributed by atoms with E-state index in [2.05, 4.69) is 15.3 Å². The molecule has 0 aromatic carbocycles. The second kappa shape index (κ2) is 7.05. The van der Waals surface area contributed by atoms with Crippen LogP contribution in [0.15, 0.2) is 18.6 Å². The maximum absolute atomic E-state index is 12.3. The Balaban J connectivity index is 1.85. The number of hydrogen-bond donors (Lipinski definition) is 1. The van der Waals surface area contributed by atoms with Crippen LogP contribution in [0.4, 0.5) is 0 Å². The molecule has 0 bridgehead atoms. The van der Waals surface area contributed by atoms with Gasteiger partial charge in [-0.2, -0.15) is 0 Å². The van der Waals surface area contributed by atoms with Crippen molar-refractivity contribution >= 4 is 23.4 Å². The average Bonchev–Trinajstić information content (AvgIpc) is 2.55. The van der Waals surface area contributed by atoms with E-state index < -0.39 is 5.41 Å². The Morgan fingerprint density at radius 2 is 2.05 bits per heavy atom. The van der Waals surface area contributed by atoms with Crippen LogP contribution < -0.4 is 5.32 Å². The molecule has 1 fully saturated rings. The summed E-state index contributed by atoms with van der Waals surface area (Å²) in [6.07, 6.45) is 5.92. The van der Waals surface area contributed by atoms with Crippen LogP contribution in [-0.2, 0) is 4.79 Å². The van der Waals surface area contributed by atoms with Crippen molar-refractivity contribution in [3.63, 3.8) is 0 Å². The van der Waals surface area contributed by atoms with E-state index in [1.807, 2.05) is 18.7 Å². The van der Waals surface area contributed by atoms with E-state index in [0.29, 0.717) is 24.7 Å². The Labute approximate surface area is 135 Å². The average molecular weight is 325 g/mol. The predicted molar refractivity (Wildman–Crippen MR) is 83.6 cm³/mol. The van der Waals surface area contributed by atoms with E-state index in [0.717, 1.165) is 12.8 Å². The summed E-state index contributed by atoms with van der Waals surface area (Å²) in [6.45, 7) is 4.96. The molecule has 0 radical (unpaired) electrons. The molecular weight excluding hydrogens is 304 g/mol. The number of amides is 2. The number of halogens is 1. The summed E-state index contributed by atoms with van der Waals surface area (Å²) in [4.78, 5) is 34.0. The molecule has 7 heteroatoms. The van der Waals surface area contributed by atoms with Crippen LogP contribution in [0.3, 0.4) is 0 Å². The van der Waals surface area contributed by atoms with Crippen molar-refractivity contribution in [3.8, 4) is 0 Å². The Bertz CT molecular complexity index is 528. The number of alkyl halides is 1. The van der Waals surface area contributed by atoms with E-state index in [1.54, 1.807) is 0 Å². The fourth-order valence-corrected chi connectivity index (χ4v) is 2.50. The summed E-state index contributed by atoms with van der Waals surface area (Å²) in [7, 11) is 0. The topological polar surface area (TPSA) is 75.2 Å². The van der Waals surface area contributed by atoms with Gasteiger partial charge in [0.1, 0.15) is 5.69 Å². The number of aromatic nitrogens is 2. The molecule has 0 spiro atoms. The van der Waals surface area contributed by atoms with Gasteiger partial charge >= 0.3 is 0 Å². The molecule has 1 aromatic heterocycles. The van der Waals surface area contributed by atoms with Gasteiger partial charge in [0.2, 0.25) is 5.91 Å². The monoisotopic (exact) mass is 324 g/mol. The van der Waals surface area contributed by atoms with Crippen molar-refractivity contribution in [2.75, 3.05) is 19.0 Å². The Morgan fingerprint density at radius 3 is 2.59 bits per heavy atom. The second-order valence-corrected chi connectivity index (χ2v) is 6.42. The highest BCUT2D eigenvalue weighted by molar-refractivity contribution is 6.19. The number of carbonyl (C=O) groups is 2. The van der Waals surface area contributed by atoms with Gasteiger partial charge in [-0.15, -0.1) is 11.6 Å². The third-order valence-electron chi connectivity index (χ3n) is 3.83. The molecule has 0 unspecified atom stereocenters. The number of rotatable bonds is 4. The van der Waals surface area contributed by atoms with E-state index in [-0.39, 0.29) is 17.9 Å². The van der Waals surface area contributed by atoms with Crippen LogP contribution in [0, 0.1) is 5.41 Å². The number of nitrogens with one attached hydrogen (secondary N) is 1. The van der Waals surface area contributed by atoms with Gasteiger partial charge in [-0.3, -0.25) is 14.6 Å². The smallest absolute Gasteiger partial charge is 0.271 e. The molecule has 1 aliphatic heterocycles. The summed E-state index contributed by atoms with van der Waals surface area (Å²) in [5.74, 6) is 0.148. The molecule has 2 rings (SSSR count). The first-order chi connectivity index (χ1) is 10.4. The normalized spacial score (nSPS) is 16.4. The molecule has 0 saturated carbocycles. The number of hydrogen-bond acceptors (Lipinski definition) is 4. The summed E-state index contributed by atoms with van der Waals surface area (Å²) in [5, 5.41) is 2.94. The summed E-state index contributed by atoms with van der Waals surface area (Å²) in [6, 6.07) is 0.0534. The highest BCUT2D eigenvalue weighted by Gasteiger charge is 2.33. The lowest BCUT2D eigenvalue weighted by atomic mass is 9.92. The van der Waals surface area contributed by atoms with Crippen LogP contribution >= 0.6 is 11.6 Å². The van der Waals surface area contributed by atoms with Gasteiger partial charge in [0.05, 0.1) is 11.6 Å². The fourth-order valence-electron chi connectivity index (χ4n) is 2.39. The first-order valence-corrected chi connectivity index (χ1v) is 7.90. The Kier molecular flexibility index (Phi) is 5.34. The Hall–Kier alpha value is -1.69. The van der Waals surface area contributed by atoms with Crippen molar-refractivity contribution in [2.45, 2.75) is 32.7 Å². The zero-order chi connectivity index (χ0) is 16.2. The minimum Gasteiger partial charge on any atom is -0.348 e. The summed E-state index contributed by atoms with van der Waals surface area (Å²) >= 11 is 5.86. The van der Waals surface area contributed by atoms with Crippen LogP contribution in [0.5, 0.6) is 0 Å². The number of carbonyl (C=O) groups excluding carboxylic acids is 2. The molecule has 6 nitrogen and oxygen atoms in total. The zero-order valence-corrected chi connectivity index (χ0v) is 13.6. The van der Waals surface area contributed by atoms with Gasteiger partial charge < -0.3 is 10.2 Å². The van der Waals surface area contributed by atoms with E-state index >= 15 is 0 Å². The zero-order valence-electron chi connectivity index (χ0n) is 12.9. The molecule has 22 heavy (non-hydrogen) atoms. The van der Waals surface area contributed by atoms with Crippen LogP contribution in [0.2, 0.25) is 0 Å². The molecule has 1 saturated heterocycles. The molecule has 1 aliphatic rings. The van der Waals surface area contributed by atoms with Gasteiger partial charge in [-0.05, 0) is 26.7 Å². The van der Waals surface area contributed by atoms with E-state index in [9.17, 15) is 9.59 Å². The molecule has 1 aromatic rings. The van der Waals surface area contributed by atoms with Gasteiger partial charge in [-0.1, -0.05) is 0 Å². The predicted octanol–water partition coefficient (Wildman–Crippen LogP) is 1.46. The molecule has 0 atom stereocenters. The molecule has 1 N–H and O–H groups in total. The maximum atomic E-state index is 12.3. The molecule has 2 amide bonds. The standard InChI is InChI=1S/C15H21ClN4O2/c1-15(2,10-16)14(22)20-7-3-11(4-8-20)19-13(21)12-9-17-5-6-18-12/h5-6,9,11H,3-4,7-8,10H2,1-2H3,(H,19,21). The first kappa shape index (κ1) is 16.7. The van der Waals surface area contributed by atoms with Crippen molar-refractivity contribution in [2.24, 2.45) is 5.41 Å². The SMILES string of the molecule is CC(C)(CCl)C(=O)N1CCC(NC(=O)c2cnccn2)CC1. The first-order valence-electron chi connectivity index (χ1n) is 7.36. The highest BCUT2D eigenvalue weighted by Crippen LogP contribution is 2.23. The maximum Gasteiger partial charge on any atom is 0.271 e. The summed E-state index contributed by atoms with van der Waals surface area (Å²) in [5.41, 5.74) is -0.235. The lowest BCUT2D eigenvalue weighted by Gasteiger charge is -2.36. The van der Waals surface area contributed by atoms with Gasteiger partial charge in [0.25, 0.3) is 5.91 Å². The van der Waals surface area contributed by atoms with Crippen LogP contribution in [-0.4, -0.2) is 51.7 Å².